The standard InChI is InChI=1S/C34H38N2O5/c1-34(2,3)27-13-9-25(10-14-27)30-29(32(38)33(39)36(30)18-17-35-19-21-40-22-20-35)31(37)26-11-15-28(16-12-26)41-23-24-7-5-4-6-8-24/h4-16,30,37H,17-23H2,1-3H3/b31-29+. The van der Waals surface area contributed by atoms with Gasteiger partial charge in [0.1, 0.15) is 18.1 Å². The lowest BCUT2D eigenvalue weighted by molar-refractivity contribution is -0.140. The molecule has 0 radical (unpaired) electrons. The molecule has 2 aliphatic rings. The Labute approximate surface area is 242 Å². The molecule has 2 heterocycles. The van der Waals surface area contributed by atoms with E-state index in [2.05, 4.69) is 25.7 Å². The fourth-order valence-corrected chi connectivity index (χ4v) is 5.30. The molecule has 3 aromatic rings. The molecule has 0 spiro atoms. The Bertz CT molecular complexity index is 1390. The number of carbonyl (C=O) groups excluding carboxylic acids is 2. The Hall–Kier alpha value is -3.94. The summed E-state index contributed by atoms with van der Waals surface area (Å²) >= 11 is 0. The van der Waals surface area contributed by atoms with Gasteiger partial charge >= 0.3 is 0 Å². The Morgan fingerprint density at radius 2 is 1.56 bits per heavy atom. The first-order valence-electron chi connectivity index (χ1n) is 14.2. The van der Waals surface area contributed by atoms with Gasteiger partial charge in [0.15, 0.2) is 0 Å². The summed E-state index contributed by atoms with van der Waals surface area (Å²) in [6, 6.07) is 24.2. The SMILES string of the molecule is CC(C)(C)c1ccc(C2/C(=C(\O)c3ccc(OCc4ccccc4)cc3)C(=O)C(=O)N2CCN2CCOCC2)cc1. The van der Waals surface area contributed by atoms with Crippen molar-refractivity contribution in [3.05, 3.63) is 107 Å². The molecule has 1 atom stereocenters. The predicted molar refractivity (Wildman–Crippen MR) is 159 cm³/mol. The molecule has 0 aromatic heterocycles. The van der Waals surface area contributed by atoms with Gasteiger partial charge in [0.2, 0.25) is 0 Å². The molecule has 41 heavy (non-hydrogen) atoms. The van der Waals surface area contributed by atoms with Gasteiger partial charge in [0.25, 0.3) is 11.7 Å². The van der Waals surface area contributed by atoms with E-state index in [4.69, 9.17) is 9.47 Å². The van der Waals surface area contributed by atoms with Crippen LogP contribution in [0.25, 0.3) is 5.76 Å². The maximum absolute atomic E-state index is 13.5. The third-order valence-corrected chi connectivity index (χ3v) is 7.77. The predicted octanol–water partition coefficient (Wildman–Crippen LogP) is 5.32. The molecule has 7 nitrogen and oxygen atoms in total. The molecule has 1 unspecified atom stereocenters. The van der Waals surface area contributed by atoms with E-state index in [1.54, 1.807) is 29.2 Å². The topological polar surface area (TPSA) is 79.3 Å². The van der Waals surface area contributed by atoms with E-state index in [0.29, 0.717) is 44.2 Å². The molecule has 2 saturated heterocycles. The number of morpholine rings is 1. The number of Topliss-reactive ketones (excluding diaryl/α,β-unsaturated/α-hetero) is 1. The van der Waals surface area contributed by atoms with E-state index in [1.165, 1.54) is 0 Å². The van der Waals surface area contributed by atoms with Crippen molar-refractivity contribution in [1.29, 1.82) is 0 Å². The number of amides is 1. The van der Waals surface area contributed by atoms with Gasteiger partial charge in [-0.2, -0.15) is 0 Å². The monoisotopic (exact) mass is 554 g/mol. The van der Waals surface area contributed by atoms with Gasteiger partial charge in [0.05, 0.1) is 24.8 Å². The van der Waals surface area contributed by atoms with Crippen LogP contribution in [0.4, 0.5) is 0 Å². The third kappa shape index (κ3) is 6.53. The summed E-state index contributed by atoms with van der Waals surface area (Å²) in [4.78, 5) is 30.7. The van der Waals surface area contributed by atoms with Crippen LogP contribution in [0.2, 0.25) is 0 Å². The molecular weight excluding hydrogens is 516 g/mol. The number of benzene rings is 3. The number of nitrogens with zero attached hydrogens (tertiary/aromatic N) is 2. The van der Waals surface area contributed by atoms with Crippen molar-refractivity contribution in [2.75, 3.05) is 39.4 Å². The minimum Gasteiger partial charge on any atom is -0.507 e. The Morgan fingerprint density at radius 1 is 0.902 bits per heavy atom. The average Bonchev–Trinajstić information content (AvgIpc) is 3.24. The van der Waals surface area contributed by atoms with Crippen molar-refractivity contribution in [2.45, 2.75) is 38.8 Å². The second-order valence-electron chi connectivity index (χ2n) is 11.6. The highest BCUT2D eigenvalue weighted by Crippen LogP contribution is 2.40. The van der Waals surface area contributed by atoms with Crippen molar-refractivity contribution in [2.24, 2.45) is 0 Å². The van der Waals surface area contributed by atoms with Crippen LogP contribution in [0, 0.1) is 0 Å². The molecule has 0 aliphatic carbocycles. The number of ketones is 1. The molecule has 2 fully saturated rings. The number of hydrogen-bond acceptors (Lipinski definition) is 6. The van der Waals surface area contributed by atoms with Crippen LogP contribution in [0.5, 0.6) is 5.75 Å². The van der Waals surface area contributed by atoms with Crippen LogP contribution in [0.15, 0.2) is 84.4 Å². The second-order valence-corrected chi connectivity index (χ2v) is 11.6. The third-order valence-electron chi connectivity index (χ3n) is 7.77. The summed E-state index contributed by atoms with van der Waals surface area (Å²) in [5, 5.41) is 11.5. The minimum atomic E-state index is -0.681. The number of ether oxygens (including phenoxy) is 2. The maximum atomic E-state index is 13.5. The first-order chi connectivity index (χ1) is 19.7. The van der Waals surface area contributed by atoms with Crippen LogP contribution in [0.3, 0.4) is 0 Å². The van der Waals surface area contributed by atoms with Crippen molar-refractivity contribution in [1.82, 2.24) is 9.80 Å². The highest BCUT2D eigenvalue weighted by atomic mass is 16.5. The smallest absolute Gasteiger partial charge is 0.295 e. The van der Waals surface area contributed by atoms with E-state index >= 15 is 0 Å². The van der Waals surface area contributed by atoms with E-state index in [-0.39, 0.29) is 16.7 Å². The molecule has 1 N–H and O–H groups in total. The van der Waals surface area contributed by atoms with Gasteiger partial charge in [-0.05, 0) is 46.4 Å². The molecule has 5 rings (SSSR count). The molecule has 7 heteroatoms. The molecule has 0 bridgehead atoms. The first-order valence-corrected chi connectivity index (χ1v) is 14.2. The minimum absolute atomic E-state index is 0.0407. The Morgan fingerprint density at radius 3 is 2.20 bits per heavy atom. The zero-order valence-electron chi connectivity index (χ0n) is 24.0. The van der Waals surface area contributed by atoms with Crippen molar-refractivity contribution in [3.8, 4) is 5.75 Å². The average molecular weight is 555 g/mol. The van der Waals surface area contributed by atoms with Gasteiger partial charge in [-0.3, -0.25) is 14.5 Å². The summed E-state index contributed by atoms with van der Waals surface area (Å²) in [6.45, 7) is 10.7. The molecular formula is C34H38N2O5. The van der Waals surface area contributed by atoms with Gasteiger partial charge in [-0.15, -0.1) is 0 Å². The molecule has 0 saturated carbocycles. The molecule has 214 valence electrons. The zero-order valence-corrected chi connectivity index (χ0v) is 24.0. The summed E-state index contributed by atoms with van der Waals surface area (Å²) in [5.74, 6) is -0.797. The van der Waals surface area contributed by atoms with Crippen LogP contribution < -0.4 is 4.74 Å². The van der Waals surface area contributed by atoms with E-state index in [1.807, 2.05) is 54.6 Å². The highest BCUT2D eigenvalue weighted by Gasteiger charge is 2.46. The van der Waals surface area contributed by atoms with Crippen molar-refractivity contribution in [3.63, 3.8) is 0 Å². The first kappa shape index (κ1) is 28.6. The van der Waals surface area contributed by atoms with E-state index in [9.17, 15) is 14.7 Å². The number of rotatable bonds is 8. The number of carbonyl (C=O) groups is 2. The summed E-state index contributed by atoms with van der Waals surface area (Å²) in [7, 11) is 0. The van der Waals surface area contributed by atoms with Crippen LogP contribution in [0.1, 0.15) is 49.1 Å². The fourth-order valence-electron chi connectivity index (χ4n) is 5.30. The lowest BCUT2D eigenvalue weighted by Gasteiger charge is -2.31. The normalized spacial score (nSPS) is 19.5. The van der Waals surface area contributed by atoms with E-state index in [0.717, 1.165) is 29.8 Å². The van der Waals surface area contributed by atoms with Crippen LogP contribution in [-0.2, 0) is 26.3 Å². The van der Waals surface area contributed by atoms with Crippen LogP contribution in [-0.4, -0.2) is 66.0 Å². The summed E-state index contributed by atoms with van der Waals surface area (Å²) < 4.78 is 11.3. The van der Waals surface area contributed by atoms with Gasteiger partial charge in [-0.25, -0.2) is 0 Å². The highest BCUT2D eigenvalue weighted by molar-refractivity contribution is 6.46. The number of hydrogen-bond donors (Lipinski definition) is 1. The number of likely N-dealkylation sites (tertiary alicyclic amines) is 1. The van der Waals surface area contributed by atoms with Gasteiger partial charge in [-0.1, -0.05) is 75.4 Å². The Balaban J connectivity index is 1.44. The summed E-state index contributed by atoms with van der Waals surface area (Å²) in [6.07, 6.45) is 0. The van der Waals surface area contributed by atoms with Crippen LogP contribution >= 0.6 is 0 Å². The lowest BCUT2D eigenvalue weighted by atomic mass is 9.85. The second kappa shape index (κ2) is 12.3. The molecule has 3 aromatic carbocycles. The zero-order chi connectivity index (χ0) is 29.0. The molecule has 2 aliphatic heterocycles. The largest absolute Gasteiger partial charge is 0.507 e. The number of aliphatic hydroxyl groups excluding tert-OH is 1. The van der Waals surface area contributed by atoms with E-state index < -0.39 is 17.7 Å². The number of aliphatic hydroxyl groups is 1. The lowest BCUT2D eigenvalue weighted by Crippen LogP contribution is -2.42. The fraction of sp³-hybridized carbons (Fsp3) is 0.353. The molecule has 1 amide bonds. The van der Waals surface area contributed by atoms with Crippen molar-refractivity contribution >= 4 is 17.4 Å². The van der Waals surface area contributed by atoms with Gasteiger partial charge in [0, 0.05) is 31.7 Å². The van der Waals surface area contributed by atoms with Crippen molar-refractivity contribution < 1.29 is 24.2 Å². The maximum Gasteiger partial charge on any atom is 0.295 e. The van der Waals surface area contributed by atoms with Gasteiger partial charge < -0.3 is 19.5 Å². The Kier molecular flexibility index (Phi) is 8.57. The quantitative estimate of drug-likeness (QED) is 0.231. The summed E-state index contributed by atoms with van der Waals surface area (Å²) in [5.41, 5.74) is 3.52.